The van der Waals surface area contributed by atoms with Gasteiger partial charge in [-0.3, -0.25) is 4.90 Å². The number of carboxylic acid groups (broad SMARTS) is 1. The predicted octanol–water partition coefficient (Wildman–Crippen LogP) is 2.75. The van der Waals surface area contributed by atoms with E-state index >= 15 is 0 Å². The zero-order valence-electron chi connectivity index (χ0n) is 10.5. The Balaban J connectivity index is 2.06. The van der Waals surface area contributed by atoms with Crippen LogP contribution < -0.4 is 0 Å². The normalized spacial score (nSPS) is 10.9. The third-order valence-corrected chi connectivity index (χ3v) is 2.78. The average molecular weight is 263 g/mol. The Morgan fingerprint density at radius 3 is 2.63 bits per heavy atom. The summed E-state index contributed by atoms with van der Waals surface area (Å²) in [4.78, 5) is 12.7. The number of hydrogen-bond donors (Lipinski definition) is 1. The lowest BCUT2D eigenvalue weighted by Crippen LogP contribution is -2.19. The van der Waals surface area contributed by atoms with Gasteiger partial charge in [0, 0.05) is 24.2 Å². The molecule has 0 saturated heterocycles. The van der Waals surface area contributed by atoms with Crippen molar-refractivity contribution < 1.29 is 18.7 Å². The van der Waals surface area contributed by atoms with Crippen LogP contribution >= 0.6 is 0 Å². The maximum Gasteiger partial charge on any atom is 0.372 e. The summed E-state index contributed by atoms with van der Waals surface area (Å²) in [6.07, 6.45) is 1.34. The minimum absolute atomic E-state index is 0.0691. The minimum Gasteiger partial charge on any atom is -0.475 e. The molecule has 1 aromatic heterocycles. The third kappa shape index (κ3) is 3.20. The smallest absolute Gasteiger partial charge is 0.372 e. The van der Waals surface area contributed by atoms with E-state index in [0.29, 0.717) is 24.2 Å². The Morgan fingerprint density at radius 2 is 1.95 bits per heavy atom. The van der Waals surface area contributed by atoms with Crippen molar-refractivity contribution in [3.05, 3.63) is 59.3 Å². The second kappa shape index (κ2) is 5.67. The van der Waals surface area contributed by atoms with Crippen LogP contribution in [0.3, 0.4) is 0 Å². The Kier molecular flexibility index (Phi) is 3.97. The van der Waals surface area contributed by atoms with E-state index in [0.717, 1.165) is 0 Å². The lowest BCUT2D eigenvalue weighted by atomic mass is 10.2. The van der Waals surface area contributed by atoms with Gasteiger partial charge in [-0.05, 0) is 19.2 Å². The van der Waals surface area contributed by atoms with E-state index in [4.69, 9.17) is 9.52 Å². The van der Waals surface area contributed by atoms with E-state index < -0.39 is 5.97 Å². The molecule has 4 nitrogen and oxygen atoms in total. The molecule has 1 aromatic carbocycles. The van der Waals surface area contributed by atoms with Crippen LogP contribution in [0.1, 0.15) is 21.7 Å². The van der Waals surface area contributed by atoms with Crippen LogP contribution in [0.15, 0.2) is 41.0 Å². The van der Waals surface area contributed by atoms with Crippen molar-refractivity contribution in [1.82, 2.24) is 4.90 Å². The van der Waals surface area contributed by atoms with Crippen molar-refractivity contribution in [2.75, 3.05) is 7.05 Å². The van der Waals surface area contributed by atoms with E-state index in [1.165, 1.54) is 12.3 Å². The van der Waals surface area contributed by atoms with Crippen LogP contribution in [0.5, 0.6) is 0 Å². The second-order valence-electron chi connectivity index (χ2n) is 4.34. The summed E-state index contributed by atoms with van der Waals surface area (Å²) in [5.74, 6) is -1.43. The Labute approximate surface area is 110 Å². The highest BCUT2D eigenvalue weighted by Gasteiger charge is 2.15. The van der Waals surface area contributed by atoms with Crippen molar-refractivity contribution >= 4 is 5.97 Å². The summed E-state index contributed by atoms with van der Waals surface area (Å²) in [7, 11) is 1.80. The van der Waals surface area contributed by atoms with Gasteiger partial charge in [-0.15, -0.1) is 0 Å². The van der Waals surface area contributed by atoms with E-state index in [2.05, 4.69) is 0 Å². The first-order valence-corrected chi connectivity index (χ1v) is 5.79. The molecule has 0 radical (unpaired) electrons. The number of carbonyl (C=O) groups is 1. The third-order valence-electron chi connectivity index (χ3n) is 2.78. The van der Waals surface area contributed by atoms with Crippen LogP contribution in [0.4, 0.5) is 4.39 Å². The van der Waals surface area contributed by atoms with Gasteiger partial charge in [-0.1, -0.05) is 18.2 Å². The molecule has 100 valence electrons. The Bertz CT molecular complexity index is 580. The van der Waals surface area contributed by atoms with Gasteiger partial charge >= 0.3 is 5.97 Å². The van der Waals surface area contributed by atoms with E-state index in [9.17, 15) is 9.18 Å². The first kappa shape index (κ1) is 13.3. The van der Waals surface area contributed by atoms with Crippen LogP contribution in [-0.4, -0.2) is 23.0 Å². The van der Waals surface area contributed by atoms with Crippen LogP contribution in [0.2, 0.25) is 0 Å². The number of nitrogens with zero attached hydrogens (tertiary/aromatic N) is 1. The molecular weight excluding hydrogens is 249 g/mol. The molecule has 0 bridgehead atoms. The molecule has 2 aromatic rings. The number of benzene rings is 1. The van der Waals surface area contributed by atoms with Crippen LogP contribution in [-0.2, 0) is 13.1 Å². The molecule has 0 amide bonds. The van der Waals surface area contributed by atoms with Gasteiger partial charge < -0.3 is 9.52 Å². The number of rotatable bonds is 5. The number of hydrogen-bond acceptors (Lipinski definition) is 3. The molecule has 0 aliphatic rings. The van der Waals surface area contributed by atoms with E-state index in [1.54, 1.807) is 31.3 Å². The first-order chi connectivity index (χ1) is 9.08. The Morgan fingerprint density at radius 1 is 1.26 bits per heavy atom. The summed E-state index contributed by atoms with van der Waals surface area (Å²) < 4.78 is 18.4. The SMILES string of the molecule is CN(Cc1ccccc1F)Cc1ccoc1C(=O)O. The molecule has 0 atom stereocenters. The van der Waals surface area contributed by atoms with Gasteiger partial charge in [0.25, 0.3) is 0 Å². The van der Waals surface area contributed by atoms with Gasteiger partial charge in [0.05, 0.1) is 6.26 Å². The maximum absolute atomic E-state index is 13.5. The standard InChI is InChI=1S/C14H14FNO3/c1-16(8-10-4-2-3-5-12(10)15)9-11-6-7-19-13(11)14(17)18/h2-7H,8-9H2,1H3,(H,17,18). The molecule has 0 aliphatic heterocycles. The Hall–Kier alpha value is -2.14. The summed E-state index contributed by atoms with van der Waals surface area (Å²) in [5, 5.41) is 8.93. The van der Waals surface area contributed by atoms with Gasteiger partial charge in [0.1, 0.15) is 5.82 Å². The molecule has 0 saturated carbocycles. The lowest BCUT2D eigenvalue weighted by molar-refractivity contribution is 0.0659. The topological polar surface area (TPSA) is 53.7 Å². The van der Waals surface area contributed by atoms with Crippen molar-refractivity contribution in [3.8, 4) is 0 Å². The zero-order chi connectivity index (χ0) is 13.8. The van der Waals surface area contributed by atoms with Gasteiger partial charge in [0.15, 0.2) is 0 Å². The van der Waals surface area contributed by atoms with Crippen LogP contribution in [0, 0.1) is 5.82 Å². The second-order valence-corrected chi connectivity index (χ2v) is 4.34. The fraction of sp³-hybridized carbons (Fsp3) is 0.214. The average Bonchev–Trinajstić information content (AvgIpc) is 2.80. The summed E-state index contributed by atoms with van der Waals surface area (Å²) in [6.45, 7) is 0.781. The molecule has 0 aliphatic carbocycles. The van der Waals surface area contributed by atoms with E-state index in [1.807, 2.05) is 4.90 Å². The summed E-state index contributed by atoms with van der Waals surface area (Å²) >= 11 is 0. The molecule has 1 heterocycles. The molecule has 19 heavy (non-hydrogen) atoms. The first-order valence-electron chi connectivity index (χ1n) is 5.79. The number of halogens is 1. The molecule has 0 spiro atoms. The lowest BCUT2D eigenvalue weighted by Gasteiger charge is -2.16. The van der Waals surface area contributed by atoms with Crippen molar-refractivity contribution in [1.29, 1.82) is 0 Å². The maximum atomic E-state index is 13.5. The molecule has 0 unspecified atom stereocenters. The molecule has 5 heteroatoms. The molecular formula is C14H14FNO3. The van der Waals surface area contributed by atoms with Crippen molar-refractivity contribution in [2.45, 2.75) is 13.1 Å². The van der Waals surface area contributed by atoms with Crippen molar-refractivity contribution in [2.24, 2.45) is 0 Å². The number of furan rings is 1. The quantitative estimate of drug-likeness (QED) is 0.901. The van der Waals surface area contributed by atoms with Crippen molar-refractivity contribution in [3.63, 3.8) is 0 Å². The monoisotopic (exact) mass is 263 g/mol. The predicted molar refractivity (Wildman–Crippen MR) is 67.2 cm³/mol. The van der Waals surface area contributed by atoms with Gasteiger partial charge in [-0.25, -0.2) is 9.18 Å². The molecule has 0 fully saturated rings. The largest absolute Gasteiger partial charge is 0.475 e. The fourth-order valence-corrected chi connectivity index (χ4v) is 1.91. The highest BCUT2D eigenvalue weighted by atomic mass is 19.1. The van der Waals surface area contributed by atoms with Gasteiger partial charge in [0.2, 0.25) is 5.76 Å². The van der Waals surface area contributed by atoms with Gasteiger partial charge in [-0.2, -0.15) is 0 Å². The number of aromatic carboxylic acids is 1. The highest BCUT2D eigenvalue weighted by Crippen LogP contribution is 2.15. The summed E-state index contributed by atoms with van der Waals surface area (Å²) in [6, 6.07) is 8.13. The molecule has 1 N–H and O–H groups in total. The van der Waals surface area contributed by atoms with E-state index in [-0.39, 0.29) is 11.6 Å². The number of carboxylic acids is 1. The van der Waals surface area contributed by atoms with Crippen LogP contribution in [0.25, 0.3) is 0 Å². The molecule has 2 rings (SSSR count). The fourth-order valence-electron chi connectivity index (χ4n) is 1.91. The zero-order valence-corrected chi connectivity index (χ0v) is 10.5. The highest BCUT2D eigenvalue weighted by molar-refractivity contribution is 5.86. The summed E-state index contributed by atoms with van der Waals surface area (Å²) in [5.41, 5.74) is 1.15. The minimum atomic E-state index is -1.10.